The Hall–Kier alpha value is -1.84. The molecule has 0 saturated heterocycles. The number of carbonyl (C=O) groups is 2. The number of anilines is 1. The highest BCUT2D eigenvalue weighted by atomic mass is 35.5. The Bertz CT molecular complexity index is 727. The second-order valence-corrected chi connectivity index (χ2v) is 6.56. The summed E-state index contributed by atoms with van der Waals surface area (Å²) in [5.41, 5.74) is 0.560. The highest BCUT2D eigenvalue weighted by molar-refractivity contribution is 6.31. The van der Waals surface area contributed by atoms with Crippen LogP contribution in [0.4, 0.5) is 5.69 Å². The van der Waals surface area contributed by atoms with Crippen LogP contribution in [0.3, 0.4) is 0 Å². The zero-order valence-corrected chi connectivity index (χ0v) is 14.4. The monoisotopic (exact) mass is 349 g/mol. The molecule has 0 unspecified atom stereocenters. The van der Waals surface area contributed by atoms with Crippen molar-refractivity contribution in [2.75, 3.05) is 11.2 Å². The van der Waals surface area contributed by atoms with E-state index in [1.165, 1.54) is 0 Å². The van der Waals surface area contributed by atoms with E-state index in [4.69, 9.17) is 23.2 Å². The number of halogens is 2. The zero-order chi connectivity index (χ0) is 17.0. The lowest BCUT2D eigenvalue weighted by Gasteiger charge is -2.21. The van der Waals surface area contributed by atoms with Gasteiger partial charge in [-0.25, -0.2) is 0 Å². The number of hydrogen-bond acceptors (Lipinski definition) is 2. The van der Waals surface area contributed by atoms with E-state index in [1.54, 1.807) is 56.3 Å². The maximum Gasteiger partial charge on any atom is 0.231 e. The summed E-state index contributed by atoms with van der Waals surface area (Å²) >= 11 is 11.8. The van der Waals surface area contributed by atoms with E-state index in [1.807, 2.05) is 6.07 Å². The van der Waals surface area contributed by atoms with E-state index in [9.17, 15) is 9.59 Å². The molecule has 0 aliphatic heterocycles. The third-order valence-electron chi connectivity index (χ3n) is 3.46. The van der Waals surface area contributed by atoms with Crippen molar-refractivity contribution in [3.8, 4) is 0 Å². The van der Waals surface area contributed by atoms with Crippen molar-refractivity contribution in [2.24, 2.45) is 5.41 Å². The van der Waals surface area contributed by atoms with Gasteiger partial charge in [0.1, 0.15) is 0 Å². The predicted octanol–water partition coefficient (Wildman–Crippen LogP) is 4.77. The lowest BCUT2D eigenvalue weighted by Crippen LogP contribution is -2.32. The van der Waals surface area contributed by atoms with E-state index >= 15 is 0 Å². The Kier molecular flexibility index (Phi) is 5.45. The highest BCUT2D eigenvalue weighted by Crippen LogP contribution is 2.26. The van der Waals surface area contributed by atoms with Gasteiger partial charge in [0.15, 0.2) is 5.78 Å². The Morgan fingerprint density at radius 2 is 1.74 bits per heavy atom. The van der Waals surface area contributed by atoms with Gasteiger partial charge >= 0.3 is 0 Å². The molecule has 0 fully saturated rings. The number of amides is 1. The fourth-order valence-corrected chi connectivity index (χ4v) is 2.20. The molecular weight excluding hydrogens is 333 g/mol. The summed E-state index contributed by atoms with van der Waals surface area (Å²) in [6.07, 6.45) is 0. The molecule has 0 aliphatic carbocycles. The fraction of sp³-hybridized carbons (Fsp3) is 0.222. The van der Waals surface area contributed by atoms with Gasteiger partial charge in [0.25, 0.3) is 0 Å². The van der Waals surface area contributed by atoms with E-state index in [2.05, 4.69) is 5.32 Å². The first kappa shape index (κ1) is 17.5. The second kappa shape index (κ2) is 7.16. The lowest BCUT2D eigenvalue weighted by atomic mass is 9.94. The van der Waals surface area contributed by atoms with E-state index in [0.29, 0.717) is 21.8 Å². The van der Waals surface area contributed by atoms with Crippen molar-refractivity contribution in [1.82, 2.24) is 0 Å². The molecule has 0 spiro atoms. The molecule has 0 saturated carbocycles. The molecule has 5 heteroatoms. The molecule has 0 heterocycles. The molecule has 23 heavy (non-hydrogen) atoms. The number of benzene rings is 2. The van der Waals surface area contributed by atoms with Crippen molar-refractivity contribution in [2.45, 2.75) is 13.8 Å². The molecule has 1 N–H and O–H groups in total. The van der Waals surface area contributed by atoms with Crippen LogP contribution in [-0.4, -0.2) is 17.6 Å². The Balaban J connectivity index is 2.39. The number of hydrogen-bond donors (Lipinski definition) is 1. The third kappa shape index (κ3) is 4.12. The minimum atomic E-state index is -0.742. The Labute approximate surface area is 145 Å². The smallest absolute Gasteiger partial charge is 0.231 e. The van der Waals surface area contributed by atoms with Gasteiger partial charge in [-0.2, -0.15) is 0 Å². The van der Waals surface area contributed by atoms with Crippen LogP contribution in [0.5, 0.6) is 0 Å². The van der Waals surface area contributed by atoms with Crippen LogP contribution in [0.15, 0.2) is 48.5 Å². The summed E-state index contributed by atoms with van der Waals surface area (Å²) in [6, 6.07) is 13.7. The summed E-state index contributed by atoms with van der Waals surface area (Å²) < 4.78 is 0. The quantitative estimate of drug-likeness (QED) is 0.623. The number of rotatable bonds is 5. The molecule has 0 bridgehead atoms. The Morgan fingerprint density at radius 1 is 1.09 bits per heavy atom. The topological polar surface area (TPSA) is 46.2 Å². The van der Waals surface area contributed by atoms with Crippen LogP contribution in [0, 0.1) is 5.41 Å². The van der Waals surface area contributed by atoms with Gasteiger partial charge in [0.05, 0.1) is 11.1 Å². The van der Waals surface area contributed by atoms with Gasteiger partial charge in [-0.15, -0.1) is 11.6 Å². The van der Waals surface area contributed by atoms with Gasteiger partial charge < -0.3 is 5.32 Å². The number of alkyl halides is 1. The third-order valence-corrected chi connectivity index (χ3v) is 4.36. The first-order valence-corrected chi connectivity index (χ1v) is 8.03. The van der Waals surface area contributed by atoms with Gasteiger partial charge in [-0.05, 0) is 32.0 Å². The minimum Gasteiger partial charge on any atom is -0.325 e. The molecule has 120 valence electrons. The normalized spacial score (nSPS) is 11.1. The highest BCUT2D eigenvalue weighted by Gasteiger charge is 2.27. The molecule has 0 aliphatic rings. The molecule has 3 nitrogen and oxygen atoms in total. The van der Waals surface area contributed by atoms with Crippen LogP contribution in [-0.2, 0) is 4.79 Å². The number of carbonyl (C=O) groups excluding carboxylic acids is 2. The van der Waals surface area contributed by atoms with Gasteiger partial charge in [0.2, 0.25) is 5.91 Å². The summed E-state index contributed by atoms with van der Waals surface area (Å²) in [5, 5.41) is 3.21. The predicted molar refractivity (Wildman–Crippen MR) is 94.5 cm³/mol. The van der Waals surface area contributed by atoms with Crippen molar-refractivity contribution in [1.29, 1.82) is 0 Å². The average Bonchev–Trinajstić information content (AvgIpc) is 2.56. The van der Waals surface area contributed by atoms with Crippen LogP contribution in [0.25, 0.3) is 0 Å². The second-order valence-electron chi connectivity index (χ2n) is 5.86. The van der Waals surface area contributed by atoms with Gasteiger partial charge in [-0.3, -0.25) is 9.59 Å². The molecule has 2 rings (SSSR count). The fourth-order valence-electron chi connectivity index (χ4n) is 1.91. The molecule has 0 atom stereocenters. The first-order valence-electron chi connectivity index (χ1n) is 7.12. The average molecular weight is 350 g/mol. The van der Waals surface area contributed by atoms with Crippen molar-refractivity contribution < 1.29 is 9.59 Å². The van der Waals surface area contributed by atoms with Crippen LogP contribution < -0.4 is 5.32 Å². The summed E-state index contributed by atoms with van der Waals surface area (Å²) in [7, 11) is 0. The molecular formula is C18H17Cl2NO2. The maximum atomic E-state index is 12.7. The van der Waals surface area contributed by atoms with Crippen molar-refractivity contribution >= 4 is 40.6 Å². The minimum absolute atomic E-state index is 0.175. The summed E-state index contributed by atoms with van der Waals surface area (Å²) in [6.45, 7) is 3.48. The van der Waals surface area contributed by atoms with Crippen molar-refractivity contribution in [3.05, 3.63) is 64.7 Å². The molecule has 1 amide bonds. The van der Waals surface area contributed by atoms with Crippen LogP contribution in [0.2, 0.25) is 5.02 Å². The number of nitrogens with one attached hydrogen (secondary N) is 1. The summed E-state index contributed by atoms with van der Waals surface area (Å²) in [5.74, 6) is -0.280. The van der Waals surface area contributed by atoms with Crippen LogP contribution in [0.1, 0.15) is 29.8 Å². The van der Waals surface area contributed by atoms with E-state index in [-0.39, 0.29) is 17.6 Å². The van der Waals surface area contributed by atoms with E-state index in [0.717, 1.165) is 0 Å². The lowest BCUT2D eigenvalue weighted by molar-refractivity contribution is -0.122. The standard InChI is InChI=1S/C18H17Cl2NO2/c1-18(2,11-19)17(23)21-15-9-8-13(20)10-14(15)16(22)12-6-4-3-5-7-12/h3-10H,11H2,1-2H3,(H,21,23). The van der Waals surface area contributed by atoms with Crippen LogP contribution >= 0.6 is 23.2 Å². The Morgan fingerprint density at radius 3 is 2.35 bits per heavy atom. The molecule has 0 aromatic heterocycles. The first-order chi connectivity index (χ1) is 10.8. The number of ketones is 1. The molecule has 2 aromatic rings. The van der Waals surface area contributed by atoms with Gasteiger partial charge in [-0.1, -0.05) is 41.9 Å². The van der Waals surface area contributed by atoms with E-state index < -0.39 is 5.41 Å². The SMILES string of the molecule is CC(C)(CCl)C(=O)Nc1ccc(Cl)cc1C(=O)c1ccccc1. The van der Waals surface area contributed by atoms with Crippen molar-refractivity contribution in [3.63, 3.8) is 0 Å². The molecule has 2 aromatic carbocycles. The molecule has 0 radical (unpaired) electrons. The largest absolute Gasteiger partial charge is 0.325 e. The zero-order valence-electron chi connectivity index (χ0n) is 12.9. The maximum absolute atomic E-state index is 12.7. The van der Waals surface area contributed by atoms with Gasteiger partial charge in [0, 0.05) is 22.0 Å². The summed E-state index contributed by atoms with van der Waals surface area (Å²) in [4.78, 5) is 25.0.